The molecule has 0 bridgehead atoms. The van der Waals surface area contributed by atoms with E-state index in [0.29, 0.717) is 19.2 Å². The zero-order valence-corrected chi connectivity index (χ0v) is 15.7. The number of fused-ring (bicyclic) bond motifs is 1. The van der Waals surface area contributed by atoms with Crippen LogP contribution in [0.3, 0.4) is 0 Å². The van der Waals surface area contributed by atoms with E-state index in [2.05, 4.69) is 17.4 Å². The maximum atomic E-state index is 10.1. The average molecular weight is 382 g/mol. The van der Waals surface area contributed by atoms with Crippen molar-refractivity contribution in [1.82, 2.24) is 5.32 Å². The number of aliphatic hydroxyl groups excluding tert-OH is 1. The summed E-state index contributed by atoms with van der Waals surface area (Å²) in [6.45, 7) is 0.833. The molecule has 0 spiro atoms. The van der Waals surface area contributed by atoms with E-state index in [-0.39, 0.29) is 12.4 Å². The molecule has 0 saturated carbocycles. The van der Waals surface area contributed by atoms with Crippen LogP contribution in [0.2, 0.25) is 5.02 Å². The van der Waals surface area contributed by atoms with Crippen molar-refractivity contribution in [1.29, 1.82) is 0 Å². The number of hydrogen-bond donors (Lipinski definition) is 2. The van der Waals surface area contributed by atoms with Gasteiger partial charge in [0.05, 0.1) is 0 Å². The second-order valence-electron chi connectivity index (χ2n) is 6.39. The first kappa shape index (κ1) is 20.1. The maximum Gasteiger partial charge on any atom is 0.119 e. The van der Waals surface area contributed by atoms with Gasteiger partial charge in [-0.15, -0.1) is 12.4 Å². The summed E-state index contributed by atoms with van der Waals surface area (Å²) >= 11 is 6.13. The van der Waals surface area contributed by atoms with Gasteiger partial charge in [0.1, 0.15) is 18.5 Å². The molecule has 2 aromatic carbocycles. The molecule has 0 aromatic heterocycles. The first-order valence-corrected chi connectivity index (χ1v) is 8.95. The van der Waals surface area contributed by atoms with Crippen LogP contribution in [0.5, 0.6) is 5.75 Å². The van der Waals surface area contributed by atoms with Gasteiger partial charge in [-0.3, -0.25) is 0 Å². The molecule has 1 aliphatic rings. The van der Waals surface area contributed by atoms with Gasteiger partial charge in [-0.05, 0) is 61.1 Å². The lowest BCUT2D eigenvalue weighted by Gasteiger charge is -2.20. The normalized spacial score (nSPS) is 17.8. The Kier molecular flexibility index (Phi) is 8.04. The number of rotatable bonds is 6. The first-order chi connectivity index (χ1) is 11.7. The Bertz CT molecular complexity index is 651. The van der Waals surface area contributed by atoms with Gasteiger partial charge in [0.25, 0.3) is 0 Å². The van der Waals surface area contributed by atoms with Crippen LogP contribution >= 0.6 is 24.0 Å². The van der Waals surface area contributed by atoms with Gasteiger partial charge in [-0.2, -0.15) is 0 Å². The molecule has 136 valence electrons. The zero-order chi connectivity index (χ0) is 16.8. The first-order valence-electron chi connectivity index (χ1n) is 8.57. The minimum absolute atomic E-state index is 0. The highest BCUT2D eigenvalue weighted by atomic mass is 35.5. The number of ether oxygens (including phenoxy) is 1. The molecular formula is C20H25Cl2NO2. The summed E-state index contributed by atoms with van der Waals surface area (Å²) in [5.41, 5.74) is 2.73. The van der Waals surface area contributed by atoms with Crippen LogP contribution < -0.4 is 10.1 Å². The standard InChI is InChI=1S/C20H24ClNO2.ClH/c21-17-10-9-15-5-4-6-18(12-16(15)11-17)22-13-19(23)14-24-20-7-2-1-3-8-20;/h1-3,7-11,18-19,22-23H,4-6,12-14H2;1H/t18?,19-;/m0./s1. The third-order valence-corrected chi connectivity index (χ3v) is 4.70. The van der Waals surface area contributed by atoms with Crippen molar-refractivity contribution in [3.8, 4) is 5.75 Å². The molecule has 0 fully saturated rings. The quantitative estimate of drug-likeness (QED) is 0.741. The van der Waals surface area contributed by atoms with E-state index in [1.807, 2.05) is 36.4 Å². The second kappa shape index (κ2) is 10.0. The van der Waals surface area contributed by atoms with E-state index in [9.17, 15) is 5.11 Å². The molecule has 1 aliphatic carbocycles. The molecule has 25 heavy (non-hydrogen) atoms. The third kappa shape index (κ3) is 6.19. The molecule has 0 aliphatic heterocycles. The van der Waals surface area contributed by atoms with Gasteiger partial charge in [-0.25, -0.2) is 0 Å². The van der Waals surface area contributed by atoms with Gasteiger partial charge in [0.15, 0.2) is 0 Å². The Labute approximate surface area is 160 Å². The predicted octanol–water partition coefficient (Wildman–Crippen LogP) is 4.04. The molecule has 5 heteroatoms. The summed E-state index contributed by atoms with van der Waals surface area (Å²) < 4.78 is 5.60. The number of aryl methyl sites for hydroxylation is 1. The fourth-order valence-corrected chi connectivity index (χ4v) is 3.37. The Balaban J connectivity index is 0.00000225. The summed E-state index contributed by atoms with van der Waals surface area (Å²) in [4.78, 5) is 0. The van der Waals surface area contributed by atoms with Crippen LogP contribution in [0.4, 0.5) is 0 Å². The summed E-state index contributed by atoms with van der Waals surface area (Å²) in [5.74, 6) is 0.787. The topological polar surface area (TPSA) is 41.5 Å². The molecular weight excluding hydrogens is 357 g/mol. The van der Waals surface area contributed by atoms with Gasteiger partial charge >= 0.3 is 0 Å². The molecule has 2 aromatic rings. The number of para-hydroxylation sites is 1. The highest BCUT2D eigenvalue weighted by Crippen LogP contribution is 2.24. The third-order valence-electron chi connectivity index (χ3n) is 4.46. The highest BCUT2D eigenvalue weighted by molar-refractivity contribution is 6.30. The van der Waals surface area contributed by atoms with Crippen LogP contribution in [-0.4, -0.2) is 30.4 Å². The van der Waals surface area contributed by atoms with E-state index in [4.69, 9.17) is 16.3 Å². The van der Waals surface area contributed by atoms with Crippen molar-refractivity contribution in [2.75, 3.05) is 13.2 Å². The van der Waals surface area contributed by atoms with Crippen molar-refractivity contribution < 1.29 is 9.84 Å². The van der Waals surface area contributed by atoms with Crippen molar-refractivity contribution in [2.45, 2.75) is 37.8 Å². The SMILES string of the molecule is Cl.O[C@@H](CNC1CCCc2ccc(Cl)cc2C1)COc1ccccc1. The van der Waals surface area contributed by atoms with Gasteiger partial charge in [0, 0.05) is 17.6 Å². The number of benzene rings is 2. The molecule has 0 radical (unpaired) electrons. The summed E-state index contributed by atoms with van der Waals surface area (Å²) in [6.07, 6.45) is 3.81. The Hall–Kier alpha value is -1.26. The lowest BCUT2D eigenvalue weighted by atomic mass is 10.0. The largest absolute Gasteiger partial charge is 0.491 e. The maximum absolute atomic E-state index is 10.1. The number of nitrogens with one attached hydrogen (secondary N) is 1. The van der Waals surface area contributed by atoms with Crippen LogP contribution in [0.15, 0.2) is 48.5 Å². The lowest BCUT2D eigenvalue weighted by molar-refractivity contribution is 0.103. The van der Waals surface area contributed by atoms with E-state index >= 15 is 0 Å². The second-order valence-corrected chi connectivity index (χ2v) is 6.83. The smallest absolute Gasteiger partial charge is 0.119 e. The fraction of sp³-hybridized carbons (Fsp3) is 0.400. The van der Waals surface area contributed by atoms with E-state index in [0.717, 1.165) is 36.5 Å². The molecule has 1 unspecified atom stereocenters. The van der Waals surface area contributed by atoms with Crippen LogP contribution in [-0.2, 0) is 12.8 Å². The lowest BCUT2D eigenvalue weighted by Crippen LogP contribution is -2.39. The summed E-state index contributed by atoms with van der Waals surface area (Å²) in [5, 5.41) is 14.4. The monoisotopic (exact) mass is 381 g/mol. The van der Waals surface area contributed by atoms with Gasteiger partial charge in [-0.1, -0.05) is 35.9 Å². The summed E-state index contributed by atoms with van der Waals surface area (Å²) in [7, 11) is 0. The Morgan fingerprint density at radius 3 is 2.76 bits per heavy atom. The Morgan fingerprint density at radius 2 is 1.96 bits per heavy atom. The average Bonchev–Trinajstić information content (AvgIpc) is 2.80. The van der Waals surface area contributed by atoms with Crippen LogP contribution in [0.25, 0.3) is 0 Å². The zero-order valence-electron chi connectivity index (χ0n) is 14.2. The van der Waals surface area contributed by atoms with Crippen molar-refractivity contribution in [2.24, 2.45) is 0 Å². The highest BCUT2D eigenvalue weighted by Gasteiger charge is 2.18. The number of hydrogen-bond acceptors (Lipinski definition) is 3. The summed E-state index contributed by atoms with van der Waals surface area (Å²) in [6, 6.07) is 16.1. The fourth-order valence-electron chi connectivity index (χ4n) is 3.18. The minimum atomic E-state index is -0.521. The van der Waals surface area contributed by atoms with Crippen molar-refractivity contribution in [3.05, 3.63) is 64.7 Å². The molecule has 0 amide bonds. The van der Waals surface area contributed by atoms with E-state index in [1.54, 1.807) is 0 Å². The molecule has 0 heterocycles. The van der Waals surface area contributed by atoms with Crippen molar-refractivity contribution in [3.63, 3.8) is 0 Å². The van der Waals surface area contributed by atoms with Gasteiger partial charge < -0.3 is 15.2 Å². The molecule has 0 saturated heterocycles. The Morgan fingerprint density at radius 1 is 1.16 bits per heavy atom. The number of aliphatic hydroxyl groups is 1. The minimum Gasteiger partial charge on any atom is -0.491 e. The molecule has 2 N–H and O–H groups in total. The predicted molar refractivity (Wildman–Crippen MR) is 105 cm³/mol. The molecule has 2 atom stereocenters. The van der Waals surface area contributed by atoms with E-state index in [1.165, 1.54) is 11.1 Å². The number of halogens is 2. The van der Waals surface area contributed by atoms with Crippen molar-refractivity contribution >= 4 is 24.0 Å². The molecule has 3 nitrogen and oxygen atoms in total. The van der Waals surface area contributed by atoms with Crippen LogP contribution in [0.1, 0.15) is 24.0 Å². The van der Waals surface area contributed by atoms with Crippen LogP contribution in [0, 0.1) is 0 Å². The van der Waals surface area contributed by atoms with E-state index < -0.39 is 6.10 Å². The van der Waals surface area contributed by atoms with Gasteiger partial charge in [0.2, 0.25) is 0 Å². The molecule has 3 rings (SSSR count).